The molecule has 0 fully saturated rings. The number of hydrogen-bond acceptors (Lipinski definition) is 2. The van der Waals surface area contributed by atoms with Gasteiger partial charge < -0.3 is 9.30 Å². The molecule has 0 atom stereocenters. The molecule has 0 amide bonds. The zero-order valence-electron chi connectivity index (χ0n) is 8.12. The highest BCUT2D eigenvalue weighted by Gasteiger charge is 2.04. The third-order valence-electron chi connectivity index (χ3n) is 2.10. The smallest absolute Gasteiger partial charge is 0.166 e. The van der Waals surface area contributed by atoms with Crippen molar-refractivity contribution in [2.24, 2.45) is 0 Å². The first-order valence-corrected chi connectivity index (χ1v) is 4.46. The van der Waals surface area contributed by atoms with Crippen molar-refractivity contribution in [2.45, 2.75) is 19.9 Å². The maximum atomic E-state index is 10.6. The van der Waals surface area contributed by atoms with Gasteiger partial charge in [0.05, 0.1) is 12.3 Å². The van der Waals surface area contributed by atoms with Crippen molar-refractivity contribution in [3.63, 3.8) is 0 Å². The quantitative estimate of drug-likeness (QED) is 0.645. The van der Waals surface area contributed by atoms with Gasteiger partial charge in [0.1, 0.15) is 0 Å². The maximum Gasteiger partial charge on any atom is 0.166 e. The summed E-state index contributed by atoms with van der Waals surface area (Å²) in [7, 11) is 1.68. The van der Waals surface area contributed by atoms with Crippen molar-refractivity contribution in [1.82, 2.24) is 4.57 Å². The molecule has 1 aromatic heterocycles. The fraction of sp³-hybridized carbons (Fsp3) is 0.500. The summed E-state index contributed by atoms with van der Waals surface area (Å²) in [6, 6.07) is 3.83. The number of aldehydes is 1. The Balaban J connectivity index is 2.81. The number of hydrogen-bond donors (Lipinski definition) is 0. The summed E-state index contributed by atoms with van der Waals surface area (Å²) in [5.74, 6) is 0. The van der Waals surface area contributed by atoms with Crippen LogP contribution in [-0.2, 0) is 17.7 Å². The standard InChI is InChI=1S/C10H15NO2/c1-3-11-9(6-7-13-2)4-5-10(11)8-12/h4-5,8H,3,6-7H2,1-2H3. The van der Waals surface area contributed by atoms with E-state index in [-0.39, 0.29) is 0 Å². The van der Waals surface area contributed by atoms with Gasteiger partial charge in [-0.2, -0.15) is 0 Å². The lowest BCUT2D eigenvalue weighted by molar-refractivity contribution is 0.111. The lowest BCUT2D eigenvalue weighted by atomic mass is 10.3. The highest BCUT2D eigenvalue weighted by molar-refractivity contribution is 5.72. The van der Waals surface area contributed by atoms with E-state index >= 15 is 0 Å². The van der Waals surface area contributed by atoms with Crippen LogP contribution in [0.5, 0.6) is 0 Å². The Labute approximate surface area is 78.3 Å². The van der Waals surface area contributed by atoms with Crippen LogP contribution in [0.4, 0.5) is 0 Å². The fourth-order valence-electron chi connectivity index (χ4n) is 1.44. The highest BCUT2D eigenvalue weighted by Crippen LogP contribution is 2.08. The summed E-state index contributed by atoms with van der Waals surface area (Å²) >= 11 is 0. The largest absolute Gasteiger partial charge is 0.384 e. The van der Waals surface area contributed by atoms with Gasteiger partial charge in [-0.1, -0.05) is 0 Å². The average molecular weight is 181 g/mol. The Kier molecular flexibility index (Phi) is 3.71. The zero-order chi connectivity index (χ0) is 9.68. The summed E-state index contributed by atoms with van der Waals surface area (Å²) in [4.78, 5) is 10.6. The fourth-order valence-corrected chi connectivity index (χ4v) is 1.44. The van der Waals surface area contributed by atoms with Crippen molar-refractivity contribution < 1.29 is 9.53 Å². The molecular formula is C10H15NO2. The number of rotatable bonds is 5. The Hall–Kier alpha value is -1.09. The summed E-state index contributed by atoms with van der Waals surface area (Å²) in [6.07, 6.45) is 1.75. The maximum absolute atomic E-state index is 10.6. The van der Waals surface area contributed by atoms with Crippen LogP contribution < -0.4 is 0 Å². The van der Waals surface area contributed by atoms with Gasteiger partial charge in [0, 0.05) is 25.8 Å². The van der Waals surface area contributed by atoms with Gasteiger partial charge in [0.15, 0.2) is 6.29 Å². The molecule has 0 saturated heterocycles. The minimum Gasteiger partial charge on any atom is -0.384 e. The number of aromatic nitrogens is 1. The molecule has 0 spiro atoms. The number of carbonyl (C=O) groups is 1. The van der Waals surface area contributed by atoms with Crippen LogP contribution in [-0.4, -0.2) is 24.6 Å². The highest BCUT2D eigenvalue weighted by atomic mass is 16.5. The first-order chi connectivity index (χ1) is 6.33. The molecule has 13 heavy (non-hydrogen) atoms. The molecule has 3 heteroatoms. The van der Waals surface area contributed by atoms with Gasteiger partial charge in [-0.15, -0.1) is 0 Å². The molecule has 1 heterocycles. The van der Waals surface area contributed by atoms with E-state index in [4.69, 9.17) is 4.74 Å². The topological polar surface area (TPSA) is 31.2 Å². The number of ether oxygens (including phenoxy) is 1. The molecule has 1 aromatic rings. The normalized spacial score (nSPS) is 10.3. The van der Waals surface area contributed by atoms with Crippen molar-refractivity contribution in [1.29, 1.82) is 0 Å². The predicted octanol–water partition coefficient (Wildman–Crippen LogP) is 1.51. The van der Waals surface area contributed by atoms with Crippen LogP contribution >= 0.6 is 0 Å². The molecule has 0 bridgehead atoms. The van der Waals surface area contributed by atoms with Crippen LogP contribution in [0.15, 0.2) is 12.1 Å². The molecule has 0 radical (unpaired) electrons. The Morgan fingerprint density at radius 1 is 1.54 bits per heavy atom. The van der Waals surface area contributed by atoms with Gasteiger partial charge in [-0.05, 0) is 19.1 Å². The van der Waals surface area contributed by atoms with E-state index in [1.165, 1.54) is 0 Å². The van der Waals surface area contributed by atoms with E-state index in [0.29, 0.717) is 6.61 Å². The first-order valence-electron chi connectivity index (χ1n) is 4.46. The summed E-state index contributed by atoms with van der Waals surface area (Å²) in [5, 5.41) is 0. The van der Waals surface area contributed by atoms with Crippen LogP contribution in [0, 0.1) is 0 Å². The third kappa shape index (κ3) is 2.18. The van der Waals surface area contributed by atoms with Crippen LogP contribution in [0.3, 0.4) is 0 Å². The Bertz CT molecular complexity index is 278. The molecule has 0 unspecified atom stereocenters. The van der Waals surface area contributed by atoms with E-state index < -0.39 is 0 Å². The molecule has 0 aliphatic rings. The molecule has 0 aromatic carbocycles. The van der Waals surface area contributed by atoms with E-state index in [2.05, 4.69) is 0 Å². The predicted molar refractivity (Wildman–Crippen MR) is 51.1 cm³/mol. The van der Waals surface area contributed by atoms with Gasteiger partial charge in [-0.25, -0.2) is 0 Å². The molecule has 0 saturated carbocycles. The second kappa shape index (κ2) is 4.82. The van der Waals surface area contributed by atoms with Crippen molar-refractivity contribution >= 4 is 6.29 Å². The van der Waals surface area contributed by atoms with Crippen LogP contribution in [0.1, 0.15) is 23.1 Å². The van der Waals surface area contributed by atoms with Crippen molar-refractivity contribution in [3.8, 4) is 0 Å². The monoisotopic (exact) mass is 181 g/mol. The zero-order valence-corrected chi connectivity index (χ0v) is 8.12. The van der Waals surface area contributed by atoms with E-state index in [1.54, 1.807) is 7.11 Å². The lowest BCUT2D eigenvalue weighted by Gasteiger charge is -2.07. The molecule has 72 valence electrons. The molecule has 0 N–H and O–H groups in total. The number of carbonyl (C=O) groups excluding carboxylic acids is 1. The average Bonchev–Trinajstić information content (AvgIpc) is 2.56. The molecular weight excluding hydrogens is 166 g/mol. The molecule has 1 rings (SSSR count). The molecule has 0 aliphatic heterocycles. The van der Waals surface area contributed by atoms with E-state index in [0.717, 1.165) is 30.6 Å². The second-order valence-electron chi connectivity index (χ2n) is 2.85. The first kappa shape index (κ1) is 9.99. The number of nitrogens with zero attached hydrogens (tertiary/aromatic N) is 1. The van der Waals surface area contributed by atoms with Gasteiger partial charge in [0.25, 0.3) is 0 Å². The van der Waals surface area contributed by atoms with Crippen molar-refractivity contribution in [3.05, 3.63) is 23.5 Å². The third-order valence-corrected chi connectivity index (χ3v) is 2.10. The number of methoxy groups -OCH3 is 1. The van der Waals surface area contributed by atoms with Crippen LogP contribution in [0.25, 0.3) is 0 Å². The van der Waals surface area contributed by atoms with Gasteiger partial charge >= 0.3 is 0 Å². The summed E-state index contributed by atoms with van der Waals surface area (Å²) in [6.45, 7) is 3.56. The summed E-state index contributed by atoms with van der Waals surface area (Å²) < 4.78 is 6.99. The van der Waals surface area contributed by atoms with E-state index in [1.807, 2.05) is 23.6 Å². The minimum absolute atomic E-state index is 0.697. The van der Waals surface area contributed by atoms with Gasteiger partial charge in [0.2, 0.25) is 0 Å². The SMILES string of the molecule is CCn1c(C=O)ccc1CCOC. The van der Waals surface area contributed by atoms with Crippen molar-refractivity contribution in [2.75, 3.05) is 13.7 Å². The Morgan fingerprint density at radius 3 is 2.85 bits per heavy atom. The lowest BCUT2D eigenvalue weighted by Crippen LogP contribution is -2.06. The van der Waals surface area contributed by atoms with Gasteiger partial charge in [-0.3, -0.25) is 4.79 Å². The van der Waals surface area contributed by atoms with Crippen LogP contribution in [0.2, 0.25) is 0 Å². The summed E-state index contributed by atoms with van der Waals surface area (Å²) in [5.41, 5.74) is 1.90. The molecule has 0 aliphatic carbocycles. The second-order valence-corrected chi connectivity index (χ2v) is 2.85. The Morgan fingerprint density at radius 2 is 2.31 bits per heavy atom. The molecule has 3 nitrogen and oxygen atoms in total. The minimum atomic E-state index is 0.697. The van der Waals surface area contributed by atoms with E-state index in [9.17, 15) is 4.79 Å².